The van der Waals surface area contributed by atoms with Gasteiger partial charge in [0.05, 0.1) is 18.6 Å². The quantitative estimate of drug-likeness (QED) is 0.712. The molecule has 3 aliphatic rings. The lowest BCUT2D eigenvalue weighted by molar-refractivity contribution is -0.0415. The average molecular weight is 408 g/mol. The molecule has 2 aromatic carbocycles. The van der Waals surface area contributed by atoms with Crippen molar-refractivity contribution in [1.29, 1.82) is 0 Å². The van der Waals surface area contributed by atoms with E-state index in [2.05, 4.69) is 12.1 Å². The van der Waals surface area contributed by atoms with Crippen molar-refractivity contribution >= 4 is 0 Å². The van der Waals surface area contributed by atoms with Crippen LogP contribution in [0, 0.1) is 0 Å². The summed E-state index contributed by atoms with van der Waals surface area (Å²) in [5, 5.41) is 20.9. The topological polar surface area (TPSA) is 68.2 Å². The molecule has 3 aliphatic heterocycles. The predicted molar refractivity (Wildman–Crippen MR) is 114 cm³/mol. The van der Waals surface area contributed by atoms with Gasteiger partial charge in [0.25, 0.3) is 0 Å². The Hall–Kier alpha value is -2.66. The first-order valence-corrected chi connectivity index (χ1v) is 10.6. The highest BCUT2D eigenvalue weighted by atomic mass is 16.5. The molecule has 5 nitrogen and oxygen atoms in total. The Kier molecular flexibility index (Phi) is 4.30. The van der Waals surface area contributed by atoms with E-state index >= 15 is 0 Å². The minimum absolute atomic E-state index is 0.0717. The van der Waals surface area contributed by atoms with Crippen LogP contribution in [-0.2, 0) is 12.8 Å². The summed E-state index contributed by atoms with van der Waals surface area (Å²) >= 11 is 0. The Morgan fingerprint density at radius 2 is 1.97 bits per heavy atom. The van der Waals surface area contributed by atoms with Crippen molar-refractivity contribution in [1.82, 2.24) is 0 Å². The number of hydrogen-bond acceptors (Lipinski definition) is 5. The predicted octanol–water partition coefficient (Wildman–Crippen LogP) is 4.59. The van der Waals surface area contributed by atoms with Crippen molar-refractivity contribution in [3.05, 3.63) is 58.2 Å². The number of aliphatic hydroxyl groups excluding tert-OH is 1. The molecular formula is C25H28O5. The highest BCUT2D eigenvalue weighted by Gasteiger charge is 2.44. The molecule has 0 unspecified atom stereocenters. The number of benzene rings is 2. The van der Waals surface area contributed by atoms with Crippen LogP contribution in [0.2, 0.25) is 0 Å². The lowest BCUT2D eigenvalue weighted by atomic mass is 9.85. The smallest absolute Gasteiger partial charge is 0.138 e. The molecule has 0 aliphatic carbocycles. The van der Waals surface area contributed by atoms with Gasteiger partial charge in [0.1, 0.15) is 34.7 Å². The van der Waals surface area contributed by atoms with E-state index in [9.17, 15) is 10.2 Å². The third-order valence-corrected chi connectivity index (χ3v) is 6.50. The summed E-state index contributed by atoms with van der Waals surface area (Å²) < 4.78 is 18.6. The Balaban J connectivity index is 1.54. The molecule has 0 bridgehead atoms. The van der Waals surface area contributed by atoms with E-state index in [0.717, 1.165) is 39.5 Å². The Morgan fingerprint density at radius 1 is 1.17 bits per heavy atom. The van der Waals surface area contributed by atoms with E-state index in [4.69, 9.17) is 14.2 Å². The SMILES string of the molecule is CC(C)=CCc1c(O)ccc2c1O[C@H]1c3cc4c(cc3OC[C@@H]21)OC(C)(C)[C@H](O)C4. The zero-order valence-electron chi connectivity index (χ0n) is 17.9. The molecule has 0 fully saturated rings. The van der Waals surface area contributed by atoms with Crippen molar-refractivity contribution in [2.24, 2.45) is 0 Å². The van der Waals surface area contributed by atoms with Crippen LogP contribution < -0.4 is 14.2 Å². The van der Waals surface area contributed by atoms with E-state index in [-0.39, 0.29) is 17.8 Å². The molecule has 0 radical (unpaired) electrons. The number of aromatic hydroxyl groups is 1. The standard InChI is InChI=1S/C25H28O5/c1-13(2)5-6-16-19(26)8-7-15-18-12-28-21-11-20-14(10-22(27)25(3,4)30-20)9-17(21)24(18)29-23(15)16/h5,7-9,11,18,22,24,26-27H,6,10,12H2,1-4H3/t18-,22+,24-/m0/s1. The third-order valence-electron chi connectivity index (χ3n) is 6.50. The first-order chi connectivity index (χ1) is 14.2. The number of phenols is 1. The number of rotatable bonds is 2. The average Bonchev–Trinajstić information content (AvgIpc) is 3.05. The van der Waals surface area contributed by atoms with Gasteiger partial charge in [-0.25, -0.2) is 0 Å². The molecule has 0 spiro atoms. The van der Waals surface area contributed by atoms with E-state index in [0.29, 0.717) is 19.4 Å². The first kappa shape index (κ1) is 19.3. The first-order valence-electron chi connectivity index (χ1n) is 10.6. The molecule has 5 rings (SSSR count). The second-order valence-corrected chi connectivity index (χ2v) is 9.35. The molecule has 30 heavy (non-hydrogen) atoms. The van der Waals surface area contributed by atoms with Gasteiger partial charge in [-0.2, -0.15) is 0 Å². The molecule has 0 saturated carbocycles. The number of ether oxygens (including phenoxy) is 3. The van der Waals surface area contributed by atoms with Crippen LogP contribution in [0.4, 0.5) is 0 Å². The molecule has 0 aromatic heterocycles. The van der Waals surface area contributed by atoms with Crippen molar-refractivity contribution in [2.45, 2.75) is 64.3 Å². The van der Waals surface area contributed by atoms with Crippen LogP contribution >= 0.6 is 0 Å². The lowest BCUT2D eigenvalue weighted by Gasteiger charge is -2.38. The summed E-state index contributed by atoms with van der Waals surface area (Å²) in [6.45, 7) is 8.41. The maximum atomic E-state index is 10.5. The van der Waals surface area contributed by atoms with Gasteiger partial charge in [-0.3, -0.25) is 0 Å². The summed E-state index contributed by atoms with van der Waals surface area (Å²) in [5.41, 5.74) is 4.42. The molecule has 3 atom stereocenters. The van der Waals surface area contributed by atoms with Gasteiger partial charge in [-0.15, -0.1) is 0 Å². The van der Waals surface area contributed by atoms with Crippen LogP contribution in [0.1, 0.15) is 62.0 Å². The van der Waals surface area contributed by atoms with Crippen LogP contribution in [0.25, 0.3) is 0 Å². The summed E-state index contributed by atoms with van der Waals surface area (Å²) in [4.78, 5) is 0. The molecule has 0 amide bonds. The van der Waals surface area contributed by atoms with E-state index < -0.39 is 11.7 Å². The molecule has 0 saturated heterocycles. The number of allylic oxidation sites excluding steroid dienone is 2. The van der Waals surface area contributed by atoms with E-state index in [1.165, 1.54) is 5.57 Å². The zero-order valence-corrected chi connectivity index (χ0v) is 17.9. The van der Waals surface area contributed by atoms with Gasteiger partial charge in [0, 0.05) is 29.2 Å². The van der Waals surface area contributed by atoms with Crippen molar-refractivity contribution in [2.75, 3.05) is 6.61 Å². The van der Waals surface area contributed by atoms with Gasteiger partial charge in [-0.1, -0.05) is 17.7 Å². The maximum absolute atomic E-state index is 10.5. The monoisotopic (exact) mass is 408 g/mol. The molecule has 158 valence electrons. The Morgan fingerprint density at radius 3 is 2.73 bits per heavy atom. The molecule has 5 heteroatoms. The normalized spacial score (nSPS) is 24.9. The van der Waals surface area contributed by atoms with Crippen molar-refractivity contribution < 1.29 is 24.4 Å². The molecule has 2 aromatic rings. The third kappa shape index (κ3) is 2.95. The Bertz CT molecular complexity index is 1050. The lowest BCUT2D eigenvalue weighted by Crippen LogP contribution is -2.46. The van der Waals surface area contributed by atoms with Crippen molar-refractivity contribution in [3.63, 3.8) is 0 Å². The Labute approximate surface area is 176 Å². The van der Waals surface area contributed by atoms with Crippen LogP contribution in [0.3, 0.4) is 0 Å². The summed E-state index contributed by atoms with van der Waals surface area (Å²) in [7, 11) is 0. The number of hydrogen-bond donors (Lipinski definition) is 2. The number of fused-ring (bicyclic) bond motifs is 6. The minimum Gasteiger partial charge on any atom is -0.508 e. The van der Waals surface area contributed by atoms with Crippen LogP contribution in [-0.4, -0.2) is 28.5 Å². The molecular weight excluding hydrogens is 380 g/mol. The fourth-order valence-electron chi connectivity index (χ4n) is 4.61. The van der Waals surface area contributed by atoms with E-state index in [1.807, 2.05) is 39.8 Å². The zero-order chi connectivity index (χ0) is 21.2. The van der Waals surface area contributed by atoms with Crippen molar-refractivity contribution in [3.8, 4) is 23.0 Å². The largest absolute Gasteiger partial charge is 0.508 e. The van der Waals surface area contributed by atoms with Crippen LogP contribution in [0.5, 0.6) is 23.0 Å². The molecule has 3 heterocycles. The summed E-state index contributed by atoms with van der Waals surface area (Å²) in [6, 6.07) is 7.70. The van der Waals surface area contributed by atoms with Gasteiger partial charge in [0.2, 0.25) is 0 Å². The van der Waals surface area contributed by atoms with E-state index in [1.54, 1.807) is 6.07 Å². The fourth-order valence-corrected chi connectivity index (χ4v) is 4.61. The number of aliphatic hydroxyl groups is 1. The summed E-state index contributed by atoms with van der Waals surface area (Å²) in [6.07, 6.45) is 2.52. The highest BCUT2D eigenvalue weighted by molar-refractivity contribution is 5.58. The highest BCUT2D eigenvalue weighted by Crippen LogP contribution is 2.54. The second kappa shape index (κ2) is 6.67. The number of phenolic OH excluding ortho intramolecular Hbond substituents is 1. The van der Waals surface area contributed by atoms with Gasteiger partial charge < -0.3 is 24.4 Å². The maximum Gasteiger partial charge on any atom is 0.138 e. The van der Waals surface area contributed by atoms with Gasteiger partial charge in [-0.05, 0) is 51.8 Å². The van der Waals surface area contributed by atoms with Gasteiger partial charge in [0.15, 0.2) is 0 Å². The van der Waals surface area contributed by atoms with Crippen LogP contribution in [0.15, 0.2) is 35.9 Å². The summed E-state index contributed by atoms with van der Waals surface area (Å²) in [5.74, 6) is 2.64. The minimum atomic E-state index is -0.629. The van der Waals surface area contributed by atoms with Gasteiger partial charge >= 0.3 is 0 Å². The fraction of sp³-hybridized carbons (Fsp3) is 0.440. The molecule has 2 N–H and O–H groups in total. The second-order valence-electron chi connectivity index (χ2n) is 9.35.